The maximum Gasteiger partial charge on any atom is 0.145 e. The summed E-state index contributed by atoms with van der Waals surface area (Å²) in [4.78, 5) is 14.4. The summed E-state index contributed by atoms with van der Waals surface area (Å²) in [6, 6.07) is -0.102. The number of aldehydes is 1. The Hall–Kier alpha value is -1.18. The van der Waals surface area contributed by atoms with Crippen LogP contribution in [0.5, 0.6) is 0 Å². The van der Waals surface area contributed by atoms with Crippen molar-refractivity contribution in [3.05, 3.63) is 24.3 Å². The average Bonchev–Trinajstić information content (AvgIpc) is 2.09. The van der Waals surface area contributed by atoms with Crippen LogP contribution in [-0.2, 0) is 4.79 Å². The molecule has 2 heteroatoms. The lowest BCUT2D eigenvalue weighted by molar-refractivity contribution is -0.109. The SMILES string of the molecule is C/C=C\C=C/C1=N[C@H](C=O)C1C. The molecule has 0 N–H and O–H groups in total. The van der Waals surface area contributed by atoms with Gasteiger partial charge in [-0.3, -0.25) is 4.99 Å². The summed E-state index contributed by atoms with van der Waals surface area (Å²) < 4.78 is 0. The molecule has 64 valence electrons. The summed E-state index contributed by atoms with van der Waals surface area (Å²) in [7, 11) is 0. The predicted molar refractivity (Wildman–Crippen MR) is 50.4 cm³/mol. The molecule has 0 saturated heterocycles. The molecule has 1 aliphatic rings. The minimum absolute atomic E-state index is 0.102. The molecular weight excluding hydrogens is 150 g/mol. The largest absolute Gasteiger partial charge is 0.301 e. The van der Waals surface area contributed by atoms with E-state index in [0.29, 0.717) is 5.92 Å². The molecule has 1 aliphatic heterocycles. The average molecular weight is 163 g/mol. The molecule has 0 aromatic rings. The topological polar surface area (TPSA) is 29.4 Å². The lowest BCUT2D eigenvalue weighted by Gasteiger charge is -2.25. The highest BCUT2D eigenvalue weighted by Crippen LogP contribution is 2.19. The molecule has 2 atom stereocenters. The van der Waals surface area contributed by atoms with Crippen LogP contribution >= 0.6 is 0 Å². The van der Waals surface area contributed by atoms with E-state index in [0.717, 1.165) is 12.0 Å². The Bertz CT molecular complexity index is 251. The van der Waals surface area contributed by atoms with Gasteiger partial charge in [0.05, 0.1) is 0 Å². The lowest BCUT2D eigenvalue weighted by Crippen LogP contribution is -2.35. The van der Waals surface area contributed by atoms with Crippen LogP contribution in [0.2, 0.25) is 0 Å². The highest BCUT2D eigenvalue weighted by molar-refractivity contribution is 6.04. The fraction of sp³-hybridized carbons (Fsp3) is 0.400. The summed E-state index contributed by atoms with van der Waals surface area (Å²) in [5.41, 5.74) is 1.02. The summed E-state index contributed by atoms with van der Waals surface area (Å²) in [5.74, 6) is 0.295. The van der Waals surface area contributed by atoms with Gasteiger partial charge in [-0.2, -0.15) is 0 Å². The van der Waals surface area contributed by atoms with Gasteiger partial charge < -0.3 is 4.79 Å². The lowest BCUT2D eigenvalue weighted by atomic mass is 9.90. The van der Waals surface area contributed by atoms with E-state index in [2.05, 4.69) is 4.99 Å². The summed E-state index contributed by atoms with van der Waals surface area (Å²) in [5, 5.41) is 0. The number of rotatable bonds is 3. The fourth-order valence-electron chi connectivity index (χ4n) is 1.10. The Labute approximate surface area is 72.7 Å². The van der Waals surface area contributed by atoms with E-state index in [4.69, 9.17) is 0 Å². The van der Waals surface area contributed by atoms with Gasteiger partial charge in [-0.1, -0.05) is 25.2 Å². The van der Waals surface area contributed by atoms with Crippen LogP contribution in [0.15, 0.2) is 29.3 Å². The molecule has 0 bridgehead atoms. The third-order valence-electron chi connectivity index (χ3n) is 1.99. The molecular formula is C10H13NO. The van der Waals surface area contributed by atoms with E-state index < -0.39 is 0 Å². The Morgan fingerprint density at radius 1 is 1.42 bits per heavy atom. The molecule has 0 aliphatic carbocycles. The highest BCUT2D eigenvalue weighted by atomic mass is 16.1. The van der Waals surface area contributed by atoms with Crippen molar-refractivity contribution >= 4 is 12.0 Å². The monoisotopic (exact) mass is 163 g/mol. The number of hydrogen-bond donors (Lipinski definition) is 0. The van der Waals surface area contributed by atoms with Gasteiger partial charge in [-0.25, -0.2) is 0 Å². The third-order valence-corrected chi connectivity index (χ3v) is 1.99. The van der Waals surface area contributed by atoms with Crippen molar-refractivity contribution in [2.24, 2.45) is 10.9 Å². The quantitative estimate of drug-likeness (QED) is 0.460. The first-order chi connectivity index (χ1) is 5.79. The van der Waals surface area contributed by atoms with Crippen molar-refractivity contribution in [3.63, 3.8) is 0 Å². The molecule has 1 rings (SSSR count). The fourth-order valence-corrected chi connectivity index (χ4v) is 1.10. The summed E-state index contributed by atoms with van der Waals surface area (Å²) >= 11 is 0. The Morgan fingerprint density at radius 2 is 2.17 bits per heavy atom. The normalized spacial score (nSPS) is 29.0. The first-order valence-electron chi connectivity index (χ1n) is 4.12. The van der Waals surface area contributed by atoms with Crippen LogP contribution < -0.4 is 0 Å². The van der Waals surface area contributed by atoms with E-state index >= 15 is 0 Å². The number of carbonyl (C=O) groups is 1. The van der Waals surface area contributed by atoms with Crippen LogP contribution in [0.4, 0.5) is 0 Å². The van der Waals surface area contributed by atoms with E-state index in [1.807, 2.05) is 38.2 Å². The second-order valence-corrected chi connectivity index (χ2v) is 2.85. The van der Waals surface area contributed by atoms with Crippen LogP contribution in [-0.4, -0.2) is 18.0 Å². The van der Waals surface area contributed by atoms with Crippen molar-refractivity contribution < 1.29 is 4.79 Å². The molecule has 1 heterocycles. The minimum atomic E-state index is -0.102. The molecule has 0 fully saturated rings. The van der Waals surface area contributed by atoms with Crippen molar-refractivity contribution in [2.75, 3.05) is 0 Å². The maximum absolute atomic E-state index is 10.3. The molecule has 2 nitrogen and oxygen atoms in total. The van der Waals surface area contributed by atoms with Gasteiger partial charge in [0.1, 0.15) is 12.3 Å². The van der Waals surface area contributed by atoms with Crippen LogP contribution in [0.25, 0.3) is 0 Å². The molecule has 0 amide bonds. The van der Waals surface area contributed by atoms with Gasteiger partial charge >= 0.3 is 0 Å². The predicted octanol–water partition coefficient (Wildman–Crippen LogP) is 1.78. The van der Waals surface area contributed by atoms with Crippen LogP contribution in [0.1, 0.15) is 13.8 Å². The van der Waals surface area contributed by atoms with E-state index in [1.165, 1.54) is 0 Å². The number of allylic oxidation sites excluding steroid dienone is 4. The van der Waals surface area contributed by atoms with Crippen molar-refractivity contribution in [3.8, 4) is 0 Å². The number of nitrogens with zero attached hydrogens (tertiary/aromatic N) is 1. The third kappa shape index (κ3) is 1.70. The Kier molecular flexibility index (Phi) is 2.97. The molecule has 12 heavy (non-hydrogen) atoms. The second kappa shape index (κ2) is 4.00. The smallest absolute Gasteiger partial charge is 0.145 e. The first-order valence-corrected chi connectivity index (χ1v) is 4.12. The maximum atomic E-state index is 10.3. The van der Waals surface area contributed by atoms with Crippen LogP contribution in [0.3, 0.4) is 0 Å². The van der Waals surface area contributed by atoms with Gasteiger partial charge in [-0.05, 0) is 13.0 Å². The van der Waals surface area contributed by atoms with Crippen molar-refractivity contribution in [2.45, 2.75) is 19.9 Å². The second-order valence-electron chi connectivity index (χ2n) is 2.85. The van der Waals surface area contributed by atoms with Gasteiger partial charge in [0.2, 0.25) is 0 Å². The molecule has 1 unspecified atom stereocenters. The zero-order valence-corrected chi connectivity index (χ0v) is 7.40. The van der Waals surface area contributed by atoms with Gasteiger partial charge in [0.25, 0.3) is 0 Å². The zero-order chi connectivity index (χ0) is 8.97. The molecule has 0 spiro atoms. The summed E-state index contributed by atoms with van der Waals surface area (Å²) in [6.07, 6.45) is 8.69. The number of carbonyl (C=O) groups excluding carboxylic acids is 1. The van der Waals surface area contributed by atoms with E-state index in [-0.39, 0.29) is 6.04 Å². The Balaban J connectivity index is 2.52. The number of aliphatic imine (C=N–C) groups is 1. The number of hydrogen-bond acceptors (Lipinski definition) is 2. The standard InChI is InChI=1S/C10H13NO/c1-3-4-5-6-9-8(2)10(7-12)11-9/h3-8,10H,1-2H3/b4-3-,6-5-/t8?,10-/m1/s1. The molecule has 0 radical (unpaired) electrons. The van der Waals surface area contributed by atoms with Crippen molar-refractivity contribution in [1.82, 2.24) is 0 Å². The zero-order valence-electron chi connectivity index (χ0n) is 7.40. The molecule has 0 aromatic carbocycles. The van der Waals surface area contributed by atoms with Crippen LogP contribution in [0, 0.1) is 5.92 Å². The van der Waals surface area contributed by atoms with Gasteiger partial charge in [0.15, 0.2) is 0 Å². The molecule has 0 saturated carbocycles. The minimum Gasteiger partial charge on any atom is -0.301 e. The molecule has 0 aromatic heterocycles. The Morgan fingerprint density at radius 3 is 2.67 bits per heavy atom. The highest BCUT2D eigenvalue weighted by Gasteiger charge is 2.27. The summed E-state index contributed by atoms with van der Waals surface area (Å²) in [6.45, 7) is 3.98. The van der Waals surface area contributed by atoms with Gasteiger partial charge in [-0.15, -0.1) is 0 Å². The van der Waals surface area contributed by atoms with E-state index in [1.54, 1.807) is 0 Å². The van der Waals surface area contributed by atoms with Crippen molar-refractivity contribution in [1.29, 1.82) is 0 Å². The van der Waals surface area contributed by atoms with Gasteiger partial charge in [0, 0.05) is 11.6 Å². The first kappa shape index (κ1) is 8.91. The van der Waals surface area contributed by atoms with E-state index in [9.17, 15) is 4.79 Å².